The van der Waals surface area contributed by atoms with Gasteiger partial charge in [-0.05, 0) is 55.5 Å². The quantitative estimate of drug-likeness (QED) is 0.834. The SMILES string of the molecule is Cc1ccc(C(C)C)cc1CCNC1CCNC1. The van der Waals surface area contributed by atoms with Gasteiger partial charge in [0.25, 0.3) is 0 Å². The van der Waals surface area contributed by atoms with Crippen LogP contribution in [-0.4, -0.2) is 25.7 Å². The third-order valence-corrected chi connectivity index (χ3v) is 3.93. The third-order valence-electron chi connectivity index (χ3n) is 3.93. The predicted octanol–water partition coefficient (Wildman–Crippen LogP) is 2.61. The normalized spacial score (nSPS) is 19.7. The van der Waals surface area contributed by atoms with Gasteiger partial charge in [-0.3, -0.25) is 0 Å². The van der Waals surface area contributed by atoms with Crippen molar-refractivity contribution in [3.63, 3.8) is 0 Å². The van der Waals surface area contributed by atoms with E-state index in [1.807, 2.05) is 0 Å². The predicted molar refractivity (Wildman–Crippen MR) is 78.2 cm³/mol. The van der Waals surface area contributed by atoms with E-state index in [0.717, 1.165) is 19.5 Å². The van der Waals surface area contributed by atoms with Crippen LogP contribution in [0.4, 0.5) is 0 Å². The van der Waals surface area contributed by atoms with E-state index in [2.05, 4.69) is 49.6 Å². The van der Waals surface area contributed by atoms with E-state index in [9.17, 15) is 0 Å². The molecule has 2 rings (SSSR count). The molecule has 2 heteroatoms. The molecule has 0 radical (unpaired) electrons. The molecule has 1 aliphatic rings. The first-order chi connectivity index (χ1) is 8.66. The van der Waals surface area contributed by atoms with Crippen molar-refractivity contribution in [2.75, 3.05) is 19.6 Å². The van der Waals surface area contributed by atoms with Crippen LogP contribution in [0.2, 0.25) is 0 Å². The Morgan fingerprint density at radius 3 is 2.89 bits per heavy atom. The van der Waals surface area contributed by atoms with E-state index >= 15 is 0 Å². The van der Waals surface area contributed by atoms with Crippen LogP contribution in [0, 0.1) is 6.92 Å². The lowest BCUT2D eigenvalue weighted by atomic mass is 9.96. The van der Waals surface area contributed by atoms with Crippen molar-refractivity contribution in [2.45, 2.75) is 45.6 Å². The lowest BCUT2D eigenvalue weighted by molar-refractivity contribution is 0.550. The molecule has 100 valence electrons. The maximum Gasteiger partial charge on any atom is 0.0204 e. The number of nitrogens with one attached hydrogen (secondary N) is 2. The fraction of sp³-hybridized carbons (Fsp3) is 0.625. The Hall–Kier alpha value is -0.860. The third kappa shape index (κ3) is 3.56. The molecule has 1 saturated heterocycles. The second kappa shape index (κ2) is 6.35. The lowest BCUT2D eigenvalue weighted by Crippen LogP contribution is -2.32. The standard InChI is InChI=1S/C16H26N2/c1-12(2)14-5-4-13(3)15(10-14)6-9-18-16-7-8-17-11-16/h4-5,10,12,16-18H,6-9,11H2,1-3H3. The first-order valence-corrected chi connectivity index (χ1v) is 7.20. The van der Waals surface area contributed by atoms with E-state index in [1.165, 1.54) is 29.7 Å². The monoisotopic (exact) mass is 246 g/mol. The van der Waals surface area contributed by atoms with Gasteiger partial charge in [0.1, 0.15) is 0 Å². The maximum absolute atomic E-state index is 3.64. The van der Waals surface area contributed by atoms with Gasteiger partial charge in [-0.2, -0.15) is 0 Å². The van der Waals surface area contributed by atoms with Gasteiger partial charge < -0.3 is 10.6 Å². The fourth-order valence-corrected chi connectivity index (χ4v) is 2.56. The molecule has 18 heavy (non-hydrogen) atoms. The van der Waals surface area contributed by atoms with Crippen molar-refractivity contribution >= 4 is 0 Å². The molecular weight excluding hydrogens is 220 g/mol. The molecule has 1 fully saturated rings. The summed E-state index contributed by atoms with van der Waals surface area (Å²) >= 11 is 0. The highest BCUT2D eigenvalue weighted by molar-refractivity contribution is 5.32. The van der Waals surface area contributed by atoms with Crippen molar-refractivity contribution in [1.29, 1.82) is 0 Å². The molecule has 0 saturated carbocycles. The number of rotatable bonds is 5. The van der Waals surface area contributed by atoms with E-state index < -0.39 is 0 Å². The van der Waals surface area contributed by atoms with Crippen LogP contribution in [0.15, 0.2) is 18.2 Å². The molecule has 1 unspecified atom stereocenters. The van der Waals surface area contributed by atoms with Crippen LogP contribution < -0.4 is 10.6 Å². The molecule has 1 aliphatic heterocycles. The summed E-state index contributed by atoms with van der Waals surface area (Å²) in [5, 5.41) is 7.04. The van der Waals surface area contributed by atoms with Gasteiger partial charge in [0.15, 0.2) is 0 Å². The lowest BCUT2D eigenvalue weighted by Gasteiger charge is -2.14. The minimum atomic E-state index is 0.622. The number of benzene rings is 1. The highest BCUT2D eigenvalue weighted by Crippen LogP contribution is 2.18. The molecule has 0 aliphatic carbocycles. The average molecular weight is 246 g/mol. The summed E-state index contributed by atoms with van der Waals surface area (Å²) in [6.45, 7) is 10.1. The summed E-state index contributed by atoms with van der Waals surface area (Å²) < 4.78 is 0. The Kier molecular flexibility index (Phi) is 4.79. The van der Waals surface area contributed by atoms with Crippen LogP contribution in [0.5, 0.6) is 0 Å². The maximum atomic E-state index is 3.64. The van der Waals surface area contributed by atoms with Crippen LogP contribution in [0.3, 0.4) is 0 Å². The van der Waals surface area contributed by atoms with Crippen molar-refractivity contribution in [2.24, 2.45) is 0 Å². The Bertz CT molecular complexity index is 379. The first kappa shape index (κ1) is 13.6. The second-order valence-electron chi connectivity index (χ2n) is 5.73. The Morgan fingerprint density at radius 2 is 2.22 bits per heavy atom. The topological polar surface area (TPSA) is 24.1 Å². The second-order valence-corrected chi connectivity index (χ2v) is 5.73. The molecule has 0 amide bonds. The minimum absolute atomic E-state index is 0.622. The largest absolute Gasteiger partial charge is 0.315 e. The summed E-state index contributed by atoms with van der Waals surface area (Å²) in [5.74, 6) is 0.622. The van der Waals surface area contributed by atoms with Gasteiger partial charge in [-0.1, -0.05) is 32.0 Å². The highest BCUT2D eigenvalue weighted by atomic mass is 15.0. The van der Waals surface area contributed by atoms with Gasteiger partial charge in [-0.25, -0.2) is 0 Å². The summed E-state index contributed by atoms with van der Waals surface area (Å²) in [5.41, 5.74) is 4.38. The molecule has 1 atom stereocenters. The summed E-state index contributed by atoms with van der Waals surface area (Å²) in [4.78, 5) is 0. The summed E-state index contributed by atoms with van der Waals surface area (Å²) in [7, 11) is 0. The van der Waals surface area contributed by atoms with Crippen molar-refractivity contribution in [3.8, 4) is 0 Å². The van der Waals surface area contributed by atoms with Gasteiger partial charge in [0.2, 0.25) is 0 Å². The van der Waals surface area contributed by atoms with Crippen LogP contribution in [0.25, 0.3) is 0 Å². The zero-order valence-electron chi connectivity index (χ0n) is 11.9. The zero-order valence-corrected chi connectivity index (χ0v) is 11.9. The van der Waals surface area contributed by atoms with E-state index in [0.29, 0.717) is 12.0 Å². The number of hydrogen-bond donors (Lipinski definition) is 2. The fourth-order valence-electron chi connectivity index (χ4n) is 2.56. The van der Waals surface area contributed by atoms with Crippen molar-refractivity contribution in [3.05, 3.63) is 34.9 Å². The number of hydrogen-bond acceptors (Lipinski definition) is 2. The van der Waals surface area contributed by atoms with Crippen LogP contribution in [0.1, 0.15) is 42.9 Å². The number of aryl methyl sites for hydroxylation is 1. The molecule has 0 spiro atoms. The summed E-state index contributed by atoms with van der Waals surface area (Å²) in [6.07, 6.45) is 2.41. The molecule has 0 aromatic heterocycles. The minimum Gasteiger partial charge on any atom is -0.315 e. The highest BCUT2D eigenvalue weighted by Gasteiger charge is 2.13. The molecule has 1 heterocycles. The molecule has 2 nitrogen and oxygen atoms in total. The van der Waals surface area contributed by atoms with Crippen molar-refractivity contribution in [1.82, 2.24) is 10.6 Å². The first-order valence-electron chi connectivity index (χ1n) is 7.20. The Balaban J connectivity index is 1.89. The molecule has 0 bridgehead atoms. The van der Waals surface area contributed by atoms with E-state index in [1.54, 1.807) is 0 Å². The van der Waals surface area contributed by atoms with Crippen LogP contribution >= 0.6 is 0 Å². The van der Waals surface area contributed by atoms with Gasteiger partial charge in [-0.15, -0.1) is 0 Å². The van der Waals surface area contributed by atoms with Crippen molar-refractivity contribution < 1.29 is 0 Å². The molecular formula is C16H26N2. The molecule has 2 N–H and O–H groups in total. The smallest absolute Gasteiger partial charge is 0.0204 e. The van der Waals surface area contributed by atoms with Gasteiger partial charge in [0, 0.05) is 12.6 Å². The van der Waals surface area contributed by atoms with E-state index in [4.69, 9.17) is 0 Å². The zero-order chi connectivity index (χ0) is 13.0. The average Bonchev–Trinajstić information content (AvgIpc) is 2.84. The van der Waals surface area contributed by atoms with Crippen LogP contribution in [-0.2, 0) is 6.42 Å². The van der Waals surface area contributed by atoms with Gasteiger partial charge >= 0.3 is 0 Å². The van der Waals surface area contributed by atoms with Gasteiger partial charge in [0.05, 0.1) is 0 Å². The van der Waals surface area contributed by atoms with E-state index in [-0.39, 0.29) is 0 Å². The Morgan fingerprint density at radius 1 is 1.39 bits per heavy atom. The summed E-state index contributed by atoms with van der Waals surface area (Å²) in [6, 6.07) is 7.59. The molecule has 1 aromatic rings. The molecule has 1 aromatic carbocycles. The Labute approximate surface area is 111 Å².